The van der Waals surface area contributed by atoms with Crippen LogP contribution in [-0.4, -0.2) is 24.5 Å². The van der Waals surface area contributed by atoms with Gasteiger partial charge < -0.3 is 10.1 Å². The molecule has 0 aliphatic carbocycles. The summed E-state index contributed by atoms with van der Waals surface area (Å²) in [6.45, 7) is 1.82. The van der Waals surface area contributed by atoms with Gasteiger partial charge in [0.05, 0.1) is 17.2 Å². The zero-order valence-corrected chi connectivity index (χ0v) is 13.7. The largest absolute Gasteiger partial charge is 0.449 e. The highest BCUT2D eigenvalue weighted by atomic mass is 19.1. The smallest absolute Gasteiger partial charge is 0.338 e. The molecule has 0 saturated carbocycles. The monoisotopic (exact) mass is 340 g/mol. The summed E-state index contributed by atoms with van der Waals surface area (Å²) in [7, 11) is 0. The van der Waals surface area contributed by atoms with Crippen molar-refractivity contribution in [1.29, 1.82) is 5.26 Å². The quantitative estimate of drug-likeness (QED) is 0.820. The number of carbonyl (C=O) groups excluding carboxylic acids is 2. The number of nitrogens with one attached hydrogen (secondary N) is 1. The molecule has 2 aromatic carbocycles. The Hall–Kier alpha value is -3.20. The standard InChI is InChI=1S/C19H17FN2O3/c1-13(25-19(24)16-4-2-3-15(11-16)12-21)18(23)22-10-9-14-5-7-17(20)8-6-14/h2-8,11,13H,9-10H2,1H3,(H,22,23)/t13-/m1/s1. The van der Waals surface area contributed by atoms with Crippen LogP contribution in [0.15, 0.2) is 48.5 Å². The van der Waals surface area contributed by atoms with Gasteiger partial charge in [0, 0.05) is 6.54 Å². The molecule has 128 valence electrons. The van der Waals surface area contributed by atoms with Gasteiger partial charge >= 0.3 is 5.97 Å². The molecule has 0 radical (unpaired) electrons. The summed E-state index contributed by atoms with van der Waals surface area (Å²) in [5.41, 5.74) is 1.44. The van der Waals surface area contributed by atoms with Gasteiger partial charge in [-0.1, -0.05) is 18.2 Å². The molecule has 25 heavy (non-hydrogen) atoms. The molecule has 1 atom stereocenters. The van der Waals surface area contributed by atoms with Gasteiger partial charge in [0.1, 0.15) is 5.82 Å². The molecule has 0 saturated heterocycles. The third-order valence-corrected chi connectivity index (χ3v) is 3.51. The van der Waals surface area contributed by atoms with E-state index in [1.165, 1.54) is 31.2 Å². The lowest BCUT2D eigenvalue weighted by molar-refractivity contribution is -0.129. The van der Waals surface area contributed by atoms with E-state index < -0.39 is 18.0 Å². The van der Waals surface area contributed by atoms with Crippen molar-refractivity contribution >= 4 is 11.9 Å². The minimum Gasteiger partial charge on any atom is -0.449 e. The molecule has 2 rings (SSSR count). The SMILES string of the molecule is C[C@@H](OC(=O)c1cccc(C#N)c1)C(=O)NCCc1ccc(F)cc1. The van der Waals surface area contributed by atoms with Crippen molar-refractivity contribution in [1.82, 2.24) is 5.32 Å². The molecule has 0 spiro atoms. The first-order valence-corrected chi connectivity index (χ1v) is 7.73. The van der Waals surface area contributed by atoms with Gasteiger partial charge in [-0.2, -0.15) is 5.26 Å². The molecule has 6 heteroatoms. The van der Waals surface area contributed by atoms with Gasteiger partial charge in [0.25, 0.3) is 5.91 Å². The summed E-state index contributed by atoms with van der Waals surface area (Å²) in [4.78, 5) is 24.0. The van der Waals surface area contributed by atoms with E-state index in [9.17, 15) is 14.0 Å². The first kappa shape index (κ1) is 18.1. The van der Waals surface area contributed by atoms with Gasteiger partial charge in [-0.05, 0) is 49.2 Å². The first-order chi connectivity index (χ1) is 12.0. The van der Waals surface area contributed by atoms with E-state index in [0.717, 1.165) is 5.56 Å². The number of amides is 1. The van der Waals surface area contributed by atoms with Crippen molar-refractivity contribution in [3.63, 3.8) is 0 Å². The zero-order valence-electron chi connectivity index (χ0n) is 13.7. The second kappa shape index (κ2) is 8.60. The number of esters is 1. The van der Waals surface area contributed by atoms with Crippen molar-refractivity contribution in [2.75, 3.05) is 6.54 Å². The van der Waals surface area contributed by atoms with Crippen molar-refractivity contribution in [3.05, 3.63) is 71.0 Å². The maximum absolute atomic E-state index is 12.8. The second-order valence-corrected chi connectivity index (χ2v) is 5.41. The lowest BCUT2D eigenvalue weighted by atomic mass is 10.1. The van der Waals surface area contributed by atoms with Gasteiger partial charge in [0.15, 0.2) is 6.10 Å². The number of carbonyl (C=O) groups is 2. The third-order valence-electron chi connectivity index (χ3n) is 3.51. The van der Waals surface area contributed by atoms with E-state index in [1.807, 2.05) is 6.07 Å². The van der Waals surface area contributed by atoms with E-state index >= 15 is 0 Å². The van der Waals surface area contributed by atoms with Crippen LogP contribution in [0.2, 0.25) is 0 Å². The Balaban J connectivity index is 1.82. The van der Waals surface area contributed by atoms with Crippen molar-refractivity contribution in [2.24, 2.45) is 0 Å². The topological polar surface area (TPSA) is 79.2 Å². The molecular weight excluding hydrogens is 323 g/mol. The predicted molar refractivity (Wildman–Crippen MR) is 89.1 cm³/mol. The van der Waals surface area contributed by atoms with Crippen molar-refractivity contribution < 1.29 is 18.7 Å². The molecule has 1 N–H and O–H groups in total. The second-order valence-electron chi connectivity index (χ2n) is 5.41. The Labute approximate surface area is 145 Å². The molecule has 0 aromatic heterocycles. The normalized spacial score (nSPS) is 11.2. The fraction of sp³-hybridized carbons (Fsp3) is 0.211. The first-order valence-electron chi connectivity index (χ1n) is 7.73. The summed E-state index contributed by atoms with van der Waals surface area (Å²) < 4.78 is 17.9. The van der Waals surface area contributed by atoms with Gasteiger partial charge in [-0.3, -0.25) is 4.79 Å². The summed E-state index contributed by atoms with van der Waals surface area (Å²) in [6, 6.07) is 14.0. The maximum Gasteiger partial charge on any atom is 0.338 e. The maximum atomic E-state index is 12.8. The number of rotatable bonds is 6. The lowest BCUT2D eigenvalue weighted by Gasteiger charge is -2.13. The van der Waals surface area contributed by atoms with Crippen LogP contribution in [0.3, 0.4) is 0 Å². The number of nitrogens with zero attached hydrogens (tertiary/aromatic N) is 1. The Bertz CT molecular complexity index is 797. The average molecular weight is 340 g/mol. The summed E-state index contributed by atoms with van der Waals surface area (Å²) in [6.07, 6.45) is -0.428. The van der Waals surface area contributed by atoms with Gasteiger partial charge in [-0.15, -0.1) is 0 Å². The Morgan fingerprint density at radius 3 is 2.64 bits per heavy atom. The zero-order chi connectivity index (χ0) is 18.2. The highest BCUT2D eigenvalue weighted by Gasteiger charge is 2.18. The van der Waals surface area contributed by atoms with E-state index in [0.29, 0.717) is 18.5 Å². The molecule has 1 amide bonds. The Morgan fingerprint density at radius 1 is 1.24 bits per heavy atom. The fourth-order valence-electron chi connectivity index (χ4n) is 2.12. The minimum absolute atomic E-state index is 0.213. The number of hydrogen-bond donors (Lipinski definition) is 1. The Kier molecular flexibility index (Phi) is 6.24. The fourth-order valence-corrected chi connectivity index (χ4v) is 2.12. The number of ether oxygens (including phenoxy) is 1. The number of benzene rings is 2. The van der Waals surface area contributed by atoms with Crippen LogP contribution in [0.25, 0.3) is 0 Å². The van der Waals surface area contributed by atoms with Crippen LogP contribution in [-0.2, 0) is 16.0 Å². The molecule has 0 aliphatic heterocycles. The summed E-state index contributed by atoms with van der Waals surface area (Å²) in [5.74, 6) is -1.40. The van der Waals surface area contributed by atoms with Crippen molar-refractivity contribution in [3.8, 4) is 6.07 Å². The van der Waals surface area contributed by atoms with E-state index in [2.05, 4.69) is 5.32 Å². The minimum atomic E-state index is -0.966. The molecular formula is C19H17FN2O3. The highest BCUT2D eigenvalue weighted by molar-refractivity contribution is 5.92. The third kappa shape index (κ3) is 5.43. The molecule has 0 aliphatic rings. The molecule has 2 aromatic rings. The van der Waals surface area contributed by atoms with Crippen LogP contribution in [0.4, 0.5) is 4.39 Å². The molecule has 0 unspecified atom stereocenters. The molecule has 0 bridgehead atoms. The van der Waals surface area contributed by atoms with E-state index in [4.69, 9.17) is 10.00 Å². The predicted octanol–water partition coefficient (Wildman–Crippen LogP) is 2.60. The average Bonchev–Trinajstić information content (AvgIpc) is 2.63. The van der Waals surface area contributed by atoms with Crippen LogP contribution in [0.5, 0.6) is 0 Å². The number of halogens is 1. The molecule has 5 nitrogen and oxygen atoms in total. The van der Waals surface area contributed by atoms with Gasteiger partial charge in [0.2, 0.25) is 0 Å². The Morgan fingerprint density at radius 2 is 1.96 bits per heavy atom. The molecule has 0 heterocycles. The van der Waals surface area contributed by atoms with Crippen LogP contribution in [0.1, 0.15) is 28.4 Å². The van der Waals surface area contributed by atoms with Crippen molar-refractivity contribution in [2.45, 2.75) is 19.4 Å². The number of hydrogen-bond acceptors (Lipinski definition) is 4. The van der Waals surface area contributed by atoms with E-state index in [1.54, 1.807) is 24.3 Å². The summed E-state index contributed by atoms with van der Waals surface area (Å²) in [5, 5.41) is 11.5. The number of nitriles is 1. The van der Waals surface area contributed by atoms with E-state index in [-0.39, 0.29) is 11.4 Å². The van der Waals surface area contributed by atoms with Crippen LogP contribution >= 0.6 is 0 Å². The molecule has 0 fully saturated rings. The highest BCUT2D eigenvalue weighted by Crippen LogP contribution is 2.08. The lowest BCUT2D eigenvalue weighted by Crippen LogP contribution is -2.36. The van der Waals surface area contributed by atoms with Crippen LogP contribution in [0, 0.1) is 17.1 Å². The summed E-state index contributed by atoms with van der Waals surface area (Å²) >= 11 is 0. The van der Waals surface area contributed by atoms with Crippen LogP contribution < -0.4 is 5.32 Å². The van der Waals surface area contributed by atoms with Gasteiger partial charge in [-0.25, -0.2) is 9.18 Å².